The van der Waals surface area contributed by atoms with Crippen LogP contribution in [-0.4, -0.2) is 34.8 Å². The third-order valence-corrected chi connectivity index (χ3v) is 4.30. The summed E-state index contributed by atoms with van der Waals surface area (Å²) < 4.78 is 0. The highest BCUT2D eigenvalue weighted by atomic mass is 16.2. The Morgan fingerprint density at radius 3 is 2.28 bits per heavy atom. The van der Waals surface area contributed by atoms with Gasteiger partial charge in [0.1, 0.15) is 11.6 Å². The summed E-state index contributed by atoms with van der Waals surface area (Å²) in [6, 6.07) is -0.349. The molecule has 1 N–H and O–H groups in total. The Hall–Kier alpha value is -1.06. The van der Waals surface area contributed by atoms with Gasteiger partial charge in [-0.25, -0.2) is 0 Å². The predicted octanol–water partition coefficient (Wildman–Crippen LogP) is 1.94. The zero-order chi connectivity index (χ0) is 13.9. The zero-order valence-corrected chi connectivity index (χ0v) is 12.2. The van der Waals surface area contributed by atoms with Gasteiger partial charge in [-0.1, -0.05) is 33.6 Å². The lowest BCUT2D eigenvalue weighted by Crippen LogP contribution is -2.68. The maximum Gasteiger partial charge on any atom is 0.248 e. The minimum absolute atomic E-state index is 0.0371. The molecule has 1 rings (SSSR count). The van der Waals surface area contributed by atoms with Gasteiger partial charge < -0.3 is 10.2 Å². The van der Waals surface area contributed by atoms with E-state index in [0.717, 1.165) is 12.8 Å². The van der Waals surface area contributed by atoms with Crippen LogP contribution in [0.15, 0.2) is 0 Å². The number of hydrogen-bond acceptors (Lipinski definition) is 2. The molecule has 2 atom stereocenters. The summed E-state index contributed by atoms with van der Waals surface area (Å²) in [5.41, 5.74) is -0.727. The number of nitrogens with zero attached hydrogens (tertiary/aromatic N) is 1. The van der Waals surface area contributed by atoms with Crippen molar-refractivity contribution in [2.45, 2.75) is 65.5 Å². The van der Waals surface area contributed by atoms with Gasteiger partial charge in [-0.3, -0.25) is 9.59 Å². The van der Waals surface area contributed by atoms with Crippen LogP contribution in [0.3, 0.4) is 0 Å². The molecule has 0 spiro atoms. The molecule has 0 saturated carbocycles. The van der Waals surface area contributed by atoms with Crippen LogP contribution >= 0.6 is 0 Å². The van der Waals surface area contributed by atoms with E-state index in [1.54, 1.807) is 4.90 Å². The van der Waals surface area contributed by atoms with E-state index < -0.39 is 5.54 Å². The van der Waals surface area contributed by atoms with Gasteiger partial charge in [-0.2, -0.15) is 0 Å². The van der Waals surface area contributed by atoms with E-state index in [4.69, 9.17) is 0 Å². The van der Waals surface area contributed by atoms with Crippen LogP contribution in [0.25, 0.3) is 0 Å². The summed E-state index contributed by atoms with van der Waals surface area (Å²) in [6.07, 6.45) is 2.71. The molecular weight excluding hydrogens is 228 g/mol. The van der Waals surface area contributed by atoms with E-state index in [2.05, 4.69) is 19.2 Å². The molecule has 0 bridgehead atoms. The average Bonchev–Trinajstić information content (AvgIpc) is 2.37. The molecule has 2 amide bonds. The normalized spacial score (nSPS) is 28.8. The van der Waals surface area contributed by atoms with Gasteiger partial charge in [0.2, 0.25) is 11.8 Å². The highest BCUT2D eigenvalue weighted by molar-refractivity contribution is 5.99. The molecule has 0 aromatic carbocycles. The number of piperazine rings is 1. The number of amides is 2. The van der Waals surface area contributed by atoms with Crippen molar-refractivity contribution in [3.05, 3.63) is 0 Å². The number of nitrogens with one attached hydrogen (secondary N) is 1. The van der Waals surface area contributed by atoms with Crippen molar-refractivity contribution in [1.29, 1.82) is 0 Å². The molecular formula is C14H26N2O2. The fraction of sp³-hybridized carbons (Fsp3) is 0.857. The van der Waals surface area contributed by atoms with Crippen LogP contribution < -0.4 is 5.32 Å². The number of carbonyl (C=O) groups excluding carboxylic acids is 2. The van der Waals surface area contributed by atoms with E-state index >= 15 is 0 Å². The van der Waals surface area contributed by atoms with Crippen molar-refractivity contribution in [2.24, 2.45) is 5.92 Å². The van der Waals surface area contributed by atoms with E-state index in [-0.39, 0.29) is 17.9 Å². The predicted molar refractivity (Wildman–Crippen MR) is 72.1 cm³/mol. The quantitative estimate of drug-likeness (QED) is 0.815. The molecule has 0 radical (unpaired) electrons. The second-order valence-corrected chi connectivity index (χ2v) is 5.49. The van der Waals surface area contributed by atoms with Gasteiger partial charge in [-0.15, -0.1) is 0 Å². The molecule has 104 valence electrons. The van der Waals surface area contributed by atoms with Crippen LogP contribution in [0.2, 0.25) is 0 Å². The Kier molecular flexibility index (Phi) is 4.77. The summed E-state index contributed by atoms with van der Waals surface area (Å²) >= 11 is 0. The minimum Gasteiger partial charge on any atom is -0.340 e. The topological polar surface area (TPSA) is 49.4 Å². The van der Waals surface area contributed by atoms with E-state index in [9.17, 15) is 9.59 Å². The third kappa shape index (κ3) is 2.68. The Labute approximate surface area is 110 Å². The van der Waals surface area contributed by atoms with E-state index in [1.165, 1.54) is 0 Å². The molecule has 0 aromatic heterocycles. The number of carbonyl (C=O) groups is 2. The smallest absolute Gasteiger partial charge is 0.248 e. The summed E-state index contributed by atoms with van der Waals surface area (Å²) in [5, 5.41) is 2.85. The van der Waals surface area contributed by atoms with Crippen LogP contribution in [0.4, 0.5) is 0 Å². The lowest BCUT2D eigenvalue weighted by atomic mass is 9.90. The first-order chi connectivity index (χ1) is 8.39. The van der Waals surface area contributed by atoms with Crippen molar-refractivity contribution in [3.63, 3.8) is 0 Å². The van der Waals surface area contributed by atoms with Gasteiger partial charge in [-0.05, 0) is 26.2 Å². The second kappa shape index (κ2) is 5.72. The van der Waals surface area contributed by atoms with Crippen molar-refractivity contribution >= 4 is 11.8 Å². The second-order valence-electron chi connectivity index (χ2n) is 5.49. The molecule has 1 heterocycles. The lowest BCUT2D eigenvalue weighted by Gasteiger charge is -2.44. The van der Waals surface area contributed by atoms with Crippen molar-refractivity contribution in [1.82, 2.24) is 10.2 Å². The summed E-state index contributed by atoms with van der Waals surface area (Å²) in [6.45, 7) is 10.5. The van der Waals surface area contributed by atoms with Gasteiger partial charge in [0.05, 0.1) is 0 Å². The Balaban J connectivity index is 2.92. The molecule has 1 aliphatic rings. The van der Waals surface area contributed by atoms with Gasteiger partial charge in [0, 0.05) is 6.54 Å². The standard InChI is InChI=1S/C14H26N2O2/c1-6-11(7-2)9-16-10(4)12(17)15-14(5,8-3)13(16)18/h10-11H,6-9H2,1-5H3,(H,15,17). The van der Waals surface area contributed by atoms with Crippen molar-refractivity contribution < 1.29 is 9.59 Å². The average molecular weight is 254 g/mol. The summed E-state index contributed by atoms with van der Waals surface area (Å²) in [5.74, 6) is 0.498. The zero-order valence-electron chi connectivity index (χ0n) is 12.2. The summed E-state index contributed by atoms with van der Waals surface area (Å²) in [7, 11) is 0. The first kappa shape index (κ1) is 15.0. The molecule has 1 saturated heterocycles. The van der Waals surface area contributed by atoms with Gasteiger partial charge >= 0.3 is 0 Å². The Morgan fingerprint density at radius 1 is 1.28 bits per heavy atom. The fourth-order valence-electron chi connectivity index (χ4n) is 2.37. The first-order valence-electron chi connectivity index (χ1n) is 7.02. The molecule has 4 heteroatoms. The molecule has 18 heavy (non-hydrogen) atoms. The highest BCUT2D eigenvalue weighted by Crippen LogP contribution is 2.23. The van der Waals surface area contributed by atoms with Crippen LogP contribution in [0, 0.1) is 5.92 Å². The summed E-state index contributed by atoms with van der Waals surface area (Å²) in [4.78, 5) is 26.3. The van der Waals surface area contributed by atoms with Crippen LogP contribution in [-0.2, 0) is 9.59 Å². The molecule has 0 aliphatic carbocycles. The molecule has 1 aliphatic heterocycles. The Morgan fingerprint density at radius 2 is 1.83 bits per heavy atom. The maximum atomic E-state index is 12.5. The fourth-order valence-corrected chi connectivity index (χ4v) is 2.37. The van der Waals surface area contributed by atoms with Gasteiger partial charge in [0.25, 0.3) is 0 Å². The van der Waals surface area contributed by atoms with Crippen molar-refractivity contribution in [2.75, 3.05) is 6.54 Å². The SMILES string of the molecule is CCC(CC)CN1C(=O)C(C)(CC)NC(=O)C1C. The third-order valence-electron chi connectivity index (χ3n) is 4.30. The molecule has 1 fully saturated rings. The molecule has 2 unspecified atom stereocenters. The number of hydrogen-bond donors (Lipinski definition) is 1. The monoisotopic (exact) mass is 254 g/mol. The highest BCUT2D eigenvalue weighted by Gasteiger charge is 2.45. The van der Waals surface area contributed by atoms with Crippen molar-refractivity contribution in [3.8, 4) is 0 Å². The van der Waals surface area contributed by atoms with E-state index in [1.807, 2.05) is 20.8 Å². The largest absolute Gasteiger partial charge is 0.340 e. The van der Waals surface area contributed by atoms with Gasteiger partial charge in [0.15, 0.2) is 0 Å². The van der Waals surface area contributed by atoms with Crippen LogP contribution in [0.5, 0.6) is 0 Å². The number of rotatable bonds is 5. The first-order valence-corrected chi connectivity index (χ1v) is 7.02. The maximum absolute atomic E-state index is 12.5. The lowest BCUT2D eigenvalue weighted by molar-refractivity contribution is -0.154. The minimum atomic E-state index is -0.727. The Bertz CT molecular complexity index is 326. The molecule has 4 nitrogen and oxygen atoms in total. The van der Waals surface area contributed by atoms with Crippen LogP contribution in [0.1, 0.15) is 53.9 Å². The van der Waals surface area contributed by atoms with E-state index in [0.29, 0.717) is 18.9 Å². The molecule has 0 aromatic rings.